The molecule has 5 heteroatoms. The Labute approximate surface area is 106 Å². The Kier molecular flexibility index (Phi) is 3.03. The minimum Gasteiger partial charge on any atom is -0.329 e. The Hall–Kier alpha value is -0.710. The van der Waals surface area contributed by atoms with E-state index in [2.05, 4.69) is 0 Å². The largest absolute Gasteiger partial charge is 0.329 e. The molecule has 0 aromatic heterocycles. The van der Waals surface area contributed by atoms with Crippen LogP contribution in [0.15, 0.2) is 0 Å². The second-order valence-corrected chi connectivity index (χ2v) is 6.23. The molecule has 0 bridgehead atoms. The molecule has 3 aliphatic rings. The van der Waals surface area contributed by atoms with Crippen LogP contribution in [0.2, 0.25) is 0 Å². The average molecular weight is 254 g/mol. The summed E-state index contributed by atoms with van der Waals surface area (Å²) in [7, 11) is 0. The minimum absolute atomic E-state index is 0.136. The van der Waals surface area contributed by atoms with Crippen molar-refractivity contribution >= 4 is 23.6 Å². The van der Waals surface area contributed by atoms with Crippen molar-refractivity contribution in [3.63, 3.8) is 0 Å². The van der Waals surface area contributed by atoms with Crippen molar-refractivity contribution in [2.24, 2.45) is 0 Å². The van der Waals surface area contributed by atoms with Crippen molar-refractivity contribution < 1.29 is 9.59 Å². The summed E-state index contributed by atoms with van der Waals surface area (Å²) in [5.41, 5.74) is 0. The van der Waals surface area contributed by atoms with Crippen LogP contribution in [0, 0.1) is 0 Å². The van der Waals surface area contributed by atoms with E-state index in [1.165, 1.54) is 12.2 Å². The molecule has 4 nitrogen and oxygen atoms in total. The molecule has 0 aliphatic carbocycles. The Balaban J connectivity index is 1.76. The number of hydrogen-bond acceptors (Lipinski definition) is 3. The Morgan fingerprint density at radius 3 is 2.76 bits per heavy atom. The van der Waals surface area contributed by atoms with Gasteiger partial charge in [-0.15, -0.1) is 0 Å². The molecule has 0 spiro atoms. The molecule has 17 heavy (non-hydrogen) atoms. The molecule has 0 aromatic carbocycles. The van der Waals surface area contributed by atoms with Gasteiger partial charge in [-0.05, 0) is 31.4 Å². The fourth-order valence-electron chi connectivity index (χ4n) is 3.11. The standard InChI is InChI=1S/C12H18N2O2S/c15-11-7-14(9-3-2-6-17-8-9)12(16)10-4-1-5-13(10)11/h9-10H,1-8H2. The van der Waals surface area contributed by atoms with E-state index in [4.69, 9.17) is 0 Å². The highest BCUT2D eigenvalue weighted by molar-refractivity contribution is 7.99. The summed E-state index contributed by atoms with van der Waals surface area (Å²) < 4.78 is 0. The van der Waals surface area contributed by atoms with Gasteiger partial charge in [0.15, 0.2) is 0 Å². The zero-order valence-electron chi connectivity index (χ0n) is 9.93. The van der Waals surface area contributed by atoms with Gasteiger partial charge in [0.2, 0.25) is 11.8 Å². The van der Waals surface area contributed by atoms with Gasteiger partial charge in [-0.1, -0.05) is 0 Å². The predicted octanol–water partition coefficient (Wildman–Crippen LogP) is 0.715. The lowest BCUT2D eigenvalue weighted by molar-refractivity contribution is -0.155. The van der Waals surface area contributed by atoms with Gasteiger partial charge >= 0.3 is 0 Å². The predicted molar refractivity (Wildman–Crippen MR) is 66.8 cm³/mol. The van der Waals surface area contributed by atoms with E-state index in [1.54, 1.807) is 4.90 Å². The van der Waals surface area contributed by atoms with Crippen LogP contribution in [0.1, 0.15) is 25.7 Å². The first-order chi connectivity index (χ1) is 8.27. The van der Waals surface area contributed by atoms with Gasteiger partial charge in [0, 0.05) is 18.3 Å². The molecule has 3 fully saturated rings. The highest BCUT2D eigenvalue weighted by atomic mass is 32.2. The first-order valence-corrected chi connectivity index (χ1v) is 7.60. The fraction of sp³-hybridized carbons (Fsp3) is 0.833. The van der Waals surface area contributed by atoms with Crippen LogP contribution in [-0.2, 0) is 9.59 Å². The summed E-state index contributed by atoms with van der Waals surface area (Å²) in [6.45, 7) is 1.10. The number of carbonyl (C=O) groups is 2. The molecule has 94 valence electrons. The Morgan fingerprint density at radius 2 is 2.00 bits per heavy atom. The summed E-state index contributed by atoms with van der Waals surface area (Å²) in [6, 6.07) is 0.163. The Morgan fingerprint density at radius 1 is 1.12 bits per heavy atom. The quantitative estimate of drug-likeness (QED) is 0.692. The highest BCUT2D eigenvalue weighted by Crippen LogP contribution is 2.28. The van der Waals surface area contributed by atoms with Crippen LogP contribution in [0.4, 0.5) is 0 Å². The van der Waals surface area contributed by atoms with Gasteiger partial charge in [0.05, 0.1) is 0 Å². The molecule has 3 rings (SSSR count). The van der Waals surface area contributed by atoms with Crippen LogP contribution in [0.5, 0.6) is 0 Å². The first-order valence-electron chi connectivity index (χ1n) is 6.45. The van der Waals surface area contributed by atoms with E-state index in [1.807, 2.05) is 16.7 Å². The van der Waals surface area contributed by atoms with Gasteiger partial charge in [-0.3, -0.25) is 9.59 Å². The lowest BCUT2D eigenvalue weighted by Gasteiger charge is -2.41. The molecule has 2 unspecified atom stereocenters. The van der Waals surface area contributed by atoms with Gasteiger partial charge < -0.3 is 9.80 Å². The number of carbonyl (C=O) groups excluding carboxylic acids is 2. The van der Waals surface area contributed by atoms with Crippen LogP contribution in [-0.4, -0.2) is 58.3 Å². The summed E-state index contributed by atoms with van der Waals surface area (Å²) in [4.78, 5) is 28.0. The lowest BCUT2D eigenvalue weighted by atomic mass is 10.1. The number of fused-ring (bicyclic) bond motifs is 1. The zero-order chi connectivity index (χ0) is 11.8. The average Bonchev–Trinajstić information content (AvgIpc) is 2.85. The molecule has 3 saturated heterocycles. The van der Waals surface area contributed by atoms with E-state index >= 15 is 0 Å². The van der Waals surface area contributed by atoms with E-state index < -0.39 is 0 Å². The Bertz CT molecular complexity index is 341. The zero-order valence-corrected chi connectivity index (χ0v) is 10.7. The number of amides is 2. The molecule has 3 aliphatic heterocycles. The van der Waals surface area contributed by atoms with Gasteiger partial charge in [0.25, 0.3) is 0 Å². The van der Waals surface area contributed by atoms with Crippen LogP contribution >= 0.6 is 11.8 Å². The van der Waals surface area contributed by atoms with Crippen molar-refractivity contribution in [1.82, 2.24) is 9.80 Å². The fourth-order valence-corrected chi connectivity index (χ4v) is 4.26. The second-order valence-electron chi connectivity index (χ2n) is 5.08. The van der Waals surface area contributed by atoms with Crippen LogP contribution in [0.3, 0.4) is 0 Å². The van der Waals surface area contributed by atoms with E-state index in [9.17, 15) is 9.59 Å². The summed E-state index contributed by atoms with van der Waals surface area (Å²) in [5.74, 6) is 2.56. The SMILES string of the molecule is O=C1C2CCCN2C(=O)CN1C1CCCSC1. The van der Waals surface area contributed by atoms with Gasteiger partial charge in [-0.2, -0.15) is 11.8 Å². The molecule has 0 saturated carbocycles. The lowest BCUT2D eigenvalue weighted by Crippen LogP contribution is -2.60. The van der Waals surface area contributed by atoms with Gasteiger partial charge in [0.1, 0.15) is 12.6 Å². The number of rotatable bonds is 1. The van der Waals surface area contributed by atoms with Crippen molar-refractivity contribution in [3.05, 3.63) is 0 Å². The number of thioether (sulfide) groups is 1. The van der Waals surface area contributed by atoms with E-state index in [-0.39, 0.29) is 17.9 Å². The maximum Gasteiger partial charge on any atom is 0.246 e. The minimum atomic E-state index is -0.136. The maximum absolute atomic E-state index is 12.4. The monoisotopic (exact) mass is 254 g/mol. The summed E-state index contributed by atoms with van der Waals surface area (Å²) in [5, 5.41) is 0. The van der Waals surface area contributed by atoms with E-state index in [0.29, 0.717) is 12.6 Å². The van der Waals surface area contributed by atoms with Crippen molar-refractivity contribution in [2.45, 2.75) is 37.8 Å². The molecule has 0 N–H and O–H groups in total. The van der Waals surface area contributed by atoms with Crippen LogP contribution in [0.25, 0.3) is 0 Å². The molecular weight excluding hydrogens is 236 g/mol. The number of nitrogens with zero attached hydrogens (tertiary/aromatic N) is 2. The maximum atomic E-state index is 12.4. The highest BCUT2D eigenvalue weighted by Gasteiger charge is 2.44. The van der Waals surface area contributed by atoms with Crippen molar-refractivity contribution in [2.75, 3.05) is 24.6 Å². The molecule has 2 amide bonds. The molecule has 0 radical (unpaired) electrons. The van der Waals surface area contributed by atoms with Gasteiger partial charge in [-0.25, -0.2) is 0 Å². The second kappa shape index (κ2) is 4.52. The molecule has 2 atom stereocenters. The van der Waals surface area contributed by atoms with E-state index in [0.717, 1.165) is 31.6 Å². The molecule has 3 heterocycles. The number of piperazine rings is 1. The molecular formula is C12H18N2O2S. The first kappa shape index (κ1) is 11.4. The normalized spacial score (nSPS) is 34.1. The van der Waals surface area contributed by atoms with Crippen LogP contribution < -0.4 is 0 Å². The third kappa shape index (κ3) is 1.94. The summed E-state index contributed by atoms with van der Waals surface area (Å²) >= 11 is 1.91. The third-order valence-corrected chi connectivity index (χ3v) is 5.22. The number of hydrogen-bond donors (Lipinski definition) is 0. The topological polar surface area (TPSA) is 40.6 Å². The third-order valence-electron chi connectivity index (χ3n) is 4.02. The summed E-state index contributed by atoms with van der Waals surface area (Å²) in [6.07, 6.45) is 4.08. The van der Waals surface area contributed by atoms with Crippen molar-refractivity contribution in [1.29, 1.82) is 0 Å². The molecule has 0 aromatic rings. The van der Waals surface area contributed by atoms with Crippen molar-refractivity contribution in [3.8, 4) is 0 Å². The smallest absolute Gasteiger partial charge is 0.246 e.